The van der Waals surface area contributed by atoms with Gasteiger partial charge in [0, 0.05) is 40.7 Å². The maximum Gasteiger partial charge on any atom is 0.306 e. The van der Waals surface area contributed by atoms with Crippen molar-refractivity contribution in [2.24, 2.45) is 5.92 Å². The number of hydrogen-bond acceptors (Lipinski definition) is 3. The highest BCUT2D eigenvalue weighted by Gasteiger charge is 2.34. The van der Waals surface area contributed by atoms with Crippen LogP contribution in [0.2, 0.25) is 0 Å². The van der Waals surface area contributed by atoms with Crippen LogP contribution in [0.5, 0.6) is 0 Å². The molecule has 0 spiro atoms. The summed E-state index contributed by atoms with van der Waals surface area (Å²) in [5.74, 6) is -2.52. The quantitative estimate of drug-likeness (QED) is 0.374. The lowest BCUT2D eigenvalue weighted by atomic mass is 9.76. The van der Waals surface area contributed by atoms with Crippen LogP contribution in [0.3, 0.4) is 0 Å². The van der Waals surface area contributed by atoms with Gasteiger partial charge in [-0.05, 0) is 74.3 Å². The van der Waals surface area contributed by atoms with Crippen LogP contribution in [-0.4, -0.2) is 39.1 Å². The summed E-state index contributed by atoms with van der Waals surface area (Å²) in [6.07, 6.45) is 6.44. The number of nitrogens with zero attached hydrogens (tertiary/aromatic N) is 2. The third-order valence-electron chi connectivity index (χ3n) is 7.80. The first-order valence-corrected chi connectivity index (χ1v) is 12.3. The number of benzene rings is 2. The first-order chi connectivity index (χ1) is 17.0. The molecule has 1 saturated heterocycles. The summed E-state index contributed by atoms with van der Waals surface area (Å²) in [6.45, 7) is 1.28. The maximum atomic E-state index is 14.4. The Hall–Kier alpha value is -3.26. The Morgan fingerprint density at radius 3 is 2.60 bits per heavy atom. The fourth-order valence-corrected chi connectivity index (χ4v) is 6.09. The van der Waals surface area contributed by atoms with Gasteiger partial charge in [0.1, 0.15) is 0 Å². The van der Waals surface area contributed by atoms with Crippen molar-refractivity contribution in [1.82, 2.24) is 14.8 Å². The van der Waals surface area contributed by atoms with Crippen molar-refractivity contribution in [2.45, 2.75) is 50.4 Å². The van der Waals surface area contributed by atoms with Gasteiger partial charge in [0.2, 0.25) is 0 Å². The average Bonchev–Trinajstić information content (AvgIpc) is 3.46. The highest BCUT2D eigenvalue weighted by molar-refractivity contribution is 5.99. The number of hydrogen-bond donors (Lipinski definition) is 2. The molecule has 0 bridgehead atoms. The zero-order chi connectivity index (χ0) is 24.1. The van der Waals surface area contributed by atoms with E-state index in [9.17, 15) is 18.7 Å². The fraction of sp³-hybridized carbons (Fsp3) is 0.407. The Balaban J connectivity index is 1.62. The molecule has 2 fully saturated rings. The minimum atomic E-state index is -0.886. The van der Waals surface area contributed by atoms with E-state index in [2.05, 4.69) is 26.9 Å². The summed E-state index contributed by atoms with van der Waals surface area (Å²) in [7, 11) is 0. The lowest BCUT2D eigenvalue weighted by molar-refractivity contribution is -0.142. The second kappa shape index (κ2) is 8.75. The minimum absolute atomic E-state index is 0.105. The Labute approximate surface area is 200 Å². The van der Waals surface area contributed by atoms with Crippen molar-refractivity contribution in [1.29, 1.82) is 0 Å². The zero-order valence-corrected chi connectivity index (χ0v) is 19.3. The number of H-pyrrole nitrogens is 1. The predicted molar refractivity (Wildman–Crippen MR) is 128 cm³/mol. The normalized spacial score (nSPS) is 23.2. The van der Waals surface area contributed by atoms with E-state index in [1.54, 1.807) is 12.3 Å². The van der Waals surface area contributed by atoms with E-state index in [1.165, 1.54) is 17.7 Å². The molecular weight excluding hydrogens is 452 g/mol. The molecule has 4 aromatic rings. The van der Waals surface area contributed by atoms with Crippen LogP contribution in [-0.2, 0) is 9.53 Å². The zero-order valence-electron chi connectivity index (χ0n) is 19.3. The molecule has 182 valence electrons. The average molecular weight is 480 g/mol. The van der Waals surface area contributed by atoms with Crippen molar-refractivity contribution in [3.63, 3.8) is 0 Å². The maximum absolute atomic E-state index is 14.4. The van der Waals surface area contributed by atoms with E-state index < -0.39 is 17.6 Å². The first-order valence-electron chi connectivity index (χ1n) is 12.3. The number of rotatable bonds is 4. The molecule has 3 heterocycles. The number of carbonyl (C=O) groups is 1. The van der Waals surface area contributed by atoms with Crippen molar-refractivity contribution in [3.8, 4) is 5.69 Å². The summed E-state index contributed by atoms with van der Waals surface area (Å²) in [5.41, 5.74) is 4.65. The third kappa shape index (κ3) is 3.80. The molecule has 0 radical (unpaired) electrons. The standard InChI is InChI=1S/C27H27F2N3O3/c28-21-8-7-19(11-22(21)29)32-24-10-18-13-30-31-23(18)12-20(24)25(26(32)17-2-1-9-35-14-17)15-3-5-16(6-4-15)27(33)34/h7-8,10-13,15-17H,1-6,9,14H2,(H,30,31)(H,33,34). The van der Waals surface area contributed by atoms with Gasteiger partial charge in [0.05, 0.1) is 29.8 Å². The second-order valence-corrected chi connectivity index (χ2v) is 9.86. The van der Waals surface area contributed by atoms with Crippen molar-refractivity contribution in [2.75, 3.05) is 13.2 Å². The van der Waals surface area contributed by atoms with Crippen LogP contribution >= 0.6 is 0 Å². The summed E-state index contributed by atoms with van der Waals surface area (Å²) in [5, 5.41) is 18.8. The highest BCUT2D eigenvalue weighted by Crippen LogP contribution is 2.47. The number of aromatic amines is 1. The van der Waals surface area contributed by atoms with Crippen LogP contribution < -0.4 is 0 Å². The predicted octanol–water partition coefficient (Wildman–Crippen LogP) is 6.04. The molecule has 6 rings (SSSR count). The van der Waals surface area contributed by atoms with Gasteiger partial charge in [0.15, 0.2) is 11.6 Å². The van der Waals surface area contributed by atoms with E-state index >= 15 is 0 Å². The molecule has 2 aliphatic rings. The Morgan fingerprint density at radius 1 is 1.06 bits per heavy atom. The smallest absolute Gasteiger partial charge is 0.306 e. The van der Waals surface area contributed by atoms with Crippen LogP contribution in [0, 0.1) is 17.6 Å². The van der Waals surface area contributed by atoms with E-state index in [1.807, 2.05) is 0 Å². The summed E-state index contributed by atoms with van der Waals surface area (Å²) < 4.78 is 36.3. The molecular formula is C27H27F2N3O3. The topological polar surface area (TPSA) is 80.1 Å². The van der Waals surface area contributed by atoms with Gasteiger partial charge in [-0.15, -0.1) is 0 Å². The summed E-state index contributed by atoms with van der Waals surface area (Å²) in [6, 6.07) is 8.20. The molecule has 6 nitrogen and oxygen atoms in total. The second-order valence-electron chi connectivity index (χ2n) is 9.86. The summed E-state index contributed by atoms with van der Waals surface area (Å²) in [4.78, 5) is 11.6. The molecule has 2 N–H and O–H groups in total. The summed E-state index contributed by atoms with van der Waals surface area (Å²) >= 11 is 0. The monoisotopic (exact) mass is 479 g/mol. The lowest BCUT2D eigenvalue weighted by Crippen LogP contribution is -2.23. The number of carboxylic acids is 1. The van der Waals surface area contributed by atoms with Crippen LogP contribution in [0.15, 0.2) is 36.5 Å². The number of halogens is 2. The fourth-order valence-electron chi connectivity index (χ4n) is 6.09. The van der Waals surface area contributed by atoms with Gasteiger partial charge in [-0.3, -0.25) is 9.89 Å². The van der Waals surface area contributed by atoms with Gasteiger partial charge in [0.25, 0.3) is 0 Å². The SMILES string of the molecule is O=C(O)C1CCC(c2c(C3CCCOC3)n(-c3ccc(F)c(F)c3)c3cc4cn[nH]c4cc23)CC1. The molecule has 1 atom stereocenters. The number of carboxylic acid groups (broad SMARTS) is 1. The molecule has 1 aliphatic carbocycles. The molecule has 0 amide bonds. The van der Waals surface area contributed by atoms with E-state index in [0.29, 0.717) is 25.1 Å². The molecule has 1 unspecified atom stereocenters. The highest BCUT2D eigenvalue weighted by atomic mass is 19.2. The Morgan fingerprint density at radius 2 is 1.89 bits per heavy atom. The van der Waals surface area contributed by atoms with Crippen molar-refractivity contribution < 1.29 is 23.4 Å². The number of aromatic nitrogens is 3. The van der Waals surface area contributed by atoms with Gasteiger partial charge in [-0.1, -0.05) is 0 Å². The minimum Gasteiger partial charge on any atom is -0.481 e. The van der Waals surface area contributed by atoms with Crippen LogP contribution in [0.1, 0.15) is 61.6 Å². The van der Waals surface area contributed by atoms with E-state index in [4.69, 9.17) is 4.74 Å². The van der Waals surface area contributed by atoms with Crippen molar-refractivity contribution in [3.05, 3.63) is 59.4 Å². The van der Waals surface area contributed by atoms with Gasteiger partial charge >= 0.3 is 5.97 Å². The molecule has 8 heteroatoms. The largest absolute Gasteiger partial charge is 0.481 e. The van der Waals surface area contributed by atoms with E-state index in [0.717, 1.165) is 59.8 Å². The van der Waals surface area contributed by atoms with Crippen LogP contribution in [0.4, 0.5) is 8.78 Å². The van der Waals surface area contributed by atoms with Crippen molar-refractivity contribution >= 4 is 27.8 Å². The van der Waals surface area contributed by atoms with Gasteiger partial charge in [-0.2, -0.15) is 5.10 Å². The van der Waals surface area contributed by atoms with E-state index in [-0.39, 0.29) is 17.8 Å². The van der Waals surface area contributed by atoms with Crippen LogP contribution in [0.25, 0.3) is 27.5 Å². The first kappa shape index (κ1) is 22.2. The molecule has 1 saturated carbocycles. The number of aliphatic carboxylic acids is 1. The molecule has 2 aromatic carbocycles. The van der Waals surface area contributed by atoms with Gasteiger partial charge < -0.3 is 14.4 Å². The number of fused-ring (bicyclic) bond motifs is 2. The Kier molecular flexibility index (Phi) is 5.56. The van der Waals surface area contributed by atoms with Gasteiger partial charge in [-0.25, -0.2) is 8.78 Å². The Bertz CT molecular complexity index is 1410. The lowest BCUT2D eigenvalue weighted by Gasteiger charge is -2.30. The molecule has 1 aliphatic heterocycles. The third-order valence-corrected chi connectivity index (χ3v) is 7.80. The number of nitrogens with one attached hydrogen (secondary N) is 1. The number of ether oxygens (including phenoxy) is 1. The molecule has 35 heavy (non-hydrogen) atoms. The molecule has 2 aromatic heterocycles.